The average molecular weight is 350 g/mol. The number of anilines is 2. The second-order valence-corrected chi connectivity index (χ2v) is 6.34. The molecule has 1 saturated heterocycles. The van der Waals surface area contributed by atoms with E-state index in [-0.39, 0.29) is 0 Å². The van der Waals surface area contributed by atoms with Gasteiger partial charge in [-0.05, 0) is 37.1 Å². The van der Waals surface area contributed by atoms with Gasteiger partial charge in [0.25, 0.3) is 0 Å². The van der Waals surface area contributed by atoms with Gasteiger partial charge in [-0.15, -0.1) is 15.3 Å². The molecule has 3 heterocycles. The number of aromatic nitrogens is 4. The molecule has 0 amide bonds. The molecule has 0 unspecified atom stereocenters. The van der Waals surface area contributed by atoms with Crippen LogP contribution >= 0.6 is 0 Å². The Balaban J connectivity index is 1.37. The van der Waals surface area contributed by atoms with Crippen molar-refractivity contribution in [1.29, 1.82) is 0 Å². The van der Waals surface area contributed by atoms with Crippen molar-refractivity contribution in [3.05, 3.63) is 35.7 Å². The number of hydrogen-bond acceptors (Lipinski definition) is 6. The van der Waals surface area contributed by atoms with E-state index in [1.165, 1.54) is 18.9 Å². The normalized spacial score (nSPS) is 18.5. The average Bonchev–Trinajstić information content (AvgIpc) is 3.47. The minimum Gasteiger partial charge on any atom is -0.352 e. The smallest absolute Gasteiger partial charge is 0.352 e. The first-order valence-corrected chi connectivity index (χ1v) is 8.25. The van der Waals surface area contributed by atoms with Crippen LogP contribution in [0.5, 0.6) is 0 Å². The molecule has 0 N–H and O–H groups in total. The van der Waals surface area contributed by atoms with Gasteiger partial charge in [-0.3, -0.25) is 0 Å². The lowest BCUT2D eigenvalue weighted by atomic mass is 10.2. The lowest BCUT2D eigenvalue weighted by Gasteiger charge is -2.35. The highest BCUT2D eigenvalue weighted by molar-refractivity contribution is 5.44. The zero-order valence-corrected chi connectivity index (χ0v) is 13.4. The molecule has 2 aromatic heterocycles. The third-order valence-electron chi connectivity index (χ3n) is 4.54. The van der Waals surface area contributed by atoms with Crippen LogP contribution in [-0.4, -0.2) is 46.6 Å². The van der Waals surface area contributed by atoms with Crippen LogP contribution in [0, 0.1) is 0 Å². The summed E-state index contributed by atoms with van der Waals surface area (Å²) in [5.74, 6) is 1.88. The van der Waals surface area contributed by atoms with Gasteiger partial charge in [0.05, 0.1) is 5.69 Å². The van der Waals surface area contributed by atoms with Crippen molar-refractivity contribution in [2.75, 3.05) is 36.0 Å². The van der Waals surface area contributed by atoms with Gasteiger partial charge in [-0.25, -0.2) is 0 Å². The molecule has 2 aromatic rings. The van der Waals surface area contributed by atoms with Crippen molar-refractivity contribution in [1.82, 2.24) is 20.4 Å². The van der Waals surface area contributed by atoms with E-state index < -0.39 is 11.9 Å². The highest BCUT2D eigenvalue weighted by atomic mass is 19.4. The SMILES string of the molecule is FC(F)(F)c1ccc(N2CCN(c3ccc(C4CC4)nn3)CC2)nn1. The van der Waals surface area contributed by atoms with Gasteiger partial charge in [0.1, 0.15) is 0 Å². The molecule has 0 radical (unpaired) electrons. The Hall–Kier alpha value is -2.45. The predicted octanol–water partition coefficient (Wildman–Crippen LogP) is 2.49. The van der Waals surface area contributed by atoms with Crippen LogP contribution < -0.4 is 9.80 Å². The largest absolute Gasteiger partial charge is 0.435 e. The van der Waals surface area contributed by atoms with Crippen molar-refractivity contribution in [3.63, 3.8) is 0 Å². The summed E-state index contributed by atoms with van der Waals surface area (Å²) >= 11 is 0. The van der Waals surface area contributed by atoms with Crippen molar-refractivity contribution in [2.45, 2.75) is 24.9 Å². The molecule has 2 fully saturated rings. The molecule has 0 atom stereocenters. The van der Waals surface area contributed by atoms with Gasteiger partial charge in [-0.2, -0.15) is 18.3 Å². The Morgan fingerprint density at radius 2 is 1.32 bits per heavy atom. The molecular formula is C16H17F3N6. The second kappa shape index (κ2) is 6.12. The first-order valence-electron chi connectivity index (χ1n) is 8.25. The van der Waals surface area contributed by atoms with Crippen LogP contribution in [0.2, 0.25) is 0 Å². The first kappa shape index (κ1) is 16.0. The number of nitrogens with zero attached hydrogens (tertiary/aromatic N) is 6. The molecule has 4 rings (SSSR count). The molecule has 25 heavy (non-hydrogen) atoms. The molecular weight excluding hydrogens is 333 g/mol. The Labute approximate surface area is 142 Å². The summed E-state index contributed by atoms with van der Waals surface area (Å²) in [6, 6.07) is 6.37. The van der Waals surface area contributed by atoms with E-state index in [0.717, 1.165) is 17.6 Å². The van der Waals surface area contributed by atoms with Crippen molar-refractivity contribution in [3.8, 4) is 0 Å². The van der Waals surface area contributed by atoms with Crippen LogP contribution in [0.4, 0.5) is 24.8 Å². The van der Waals surface area contributed by atoms with Crippen molar-refractivity contribution in [2.24, 2.45) is 0 Å². The Morgan fingerprint density at radius 1 is 0.760 bits per heavy atom. The summed E-state index contributed by atoms with van der Waals surface area (Å²) in [6.45, 7) is 2.71. The molecule has 6 nitrogen and oxygen atoms in total. The first-order chi connectivity index (χ1) is 12.0. The summed E-state index contributed by atoms with van der Waals surface area (Å²) < 4.78 is 37.6. The maximum absolute atomic E-state index is 12.5. The predicted molar refractivity (Wildman–Crippen MR) is 85.5 cm³/mol. The number of halogens is 3. The lowest BCUT2D eigenvalue weighted by molar-refractivity contribution is -0.141. The quantitative estimate of drug-likeness (QED) is 0.848. The third-order valence-corrected chi connectivity index (χ3v) is 4.54. The second-order valence-electron chi connectivity index (χ2n) is 6.34. The fraction of sp³-hybridized carbons (Fsp3) is 0.500. The monoisotopic (exact) mass is 350 g/mol. The van der Waals surface area contributed by atoms with Crippen molar-refractivity contribution >= 4 is 11.6 Å². The molecule has 0 spiro atoms. The third kappa shape index (κ3) is 3.49. The van der Waals surface area contributed by atoms with E-state index in [2.05, 4.69) is 25.3 Å². The summed E-state index contributed by atoms with van der Waals surface area (Å²) in [7, 11) is 0. The van der Waals surface area contributed by atoms with E-state index in [1.54, 1.807) is 0 Å². The molecule has 1 aliphatic carbocycles. The number of piperazine rings is 1. The lowest BCUT2D eigenvalue weighted by Crippen LogP contribution is -2.47. The standard InChI is InChI=1S/C16H17F3N6/c17-16(18,19)13-4-6-15(23-21-13)25-9-7-24(8-10-25)14-5-3-12(20-22-14)11-1-2-11/h3-6,11H,1-2,7-10H2. The van der Waals surface area contributed by atoms with Gasteiger partial charge in [0, 0.05) is 32.1 Å². The fourth-order valence-electron chi connectivity index (χ4n) is 2.91. The van der Waals surface area contributed by atoms with Gasteiger partial charge in [0.15, 0.2) is 17.3 Å². The van der Waals surface area contributed by atoms with Crippen LogP contribution in [0.25, 0.3) is 0 Å². The Morgan fingerprint density at radius 3 is 1.72 bits per heavy atom. The number of rotatable bonds is 3. The molecule has 9 heteroatoms. The maximum Gasteiger partial charge on any atom is 0.435 e. The number of alkyl halides is 3. The minimum absolute atomic E-state index is 0.461. The van der Waals surface area contributed by atoms with Gasteiger partial charge < -0.3 is 9.80 Å². The summed E-state index contributed by atoms with van der Waals surface area (Å²) in [5.41, 5.74) is 0.0864. The van der Waals surface area contributed by atoms with Crippen LogP contribution in [0.15, 0.2) is 24.3 Å². The van der Waals surface area contributed by atoms with Gasteiger partial charge in [0.2, 0.25) is 0 Å². The van der Waals surface area contributed by atoms with E-state index in [1.807, 2.05) is 17.0 Å². The zero-order chi connectivity index (χ0) is 17.4. The van der Waals surface area contributed by atoms with Crippen LogP contribution in [0.3, 0.4) is 0 Å². The summed E-state index contributed by atoms with van der Waals surface area (Å²) in [5, 5.41) is 15.6. The van der Waals surface area contributed by atoms with E-state index in [0.29, 0.717) is 37.9 Å². The molecule has 0 bridgehead atoms. The molecule has 2 aliphatic rings. The topological polar surface area (TPSA) is 58.0 Å². The highest BCUT2D eigenvalue weighted by Crippen LogP contribution is 2.38. The maximum atomic E-state index is 12.5. The van der Waals surface area contributed by atoms with E-state index in [9.17, 15) is 13.2 Å². The molecule has 1 saturated carbocycles. The highest BCUT2D eigenvalue weighted by Gasteiger charge is 2.33. The van der Waals surface area contributed by atoms with Gasteiger partial charge in [-0.1, -0.05) is 0 Å². The molecule has 132 valence electrons. The van der Waals surface area contributed by atoms with Gasteiger partial charge >= 0.3 is 6.18 Å². The zero-order valence-electron chi connectivity index (χ0n) is 13.4. The molecule has 0 aromatic carbocycles. The number of hydrogen-bond donors (Lipinski definition) is 0. The fourth-order valence-corrected chi connectivity index (χ4v) is 2.91. The van der Waals surface area contributed by atoms with Crippen molar-refractivity contribution < 1.29 is 13.2 Å². The summed E-state index contributed by atoms with van der Waals surface area (Å²) in [6.07, 6.45) is -2.07. The minimum atomic E-state index is -4.46. The Kier molecular flexibility index (Phi) is 3.93. The molecule has 1 aliphatic heterocycles. The summed E-state index contributed by atoms with van der Waals surface area (Å²) in [4.78, 5) is 4.05. The van der Waals surface area contributed by atoms with E-state index in [4.69, 9.17) is 0 Å². The van der Waals surface area contributed by atoms with Crippen LogP contribution in [0.1, 0.15) is 30.1 Å². The van der Waals surface area contributed by atoms with E-state index >= 15 is 0 Å². The van der Waals surface area contributed by atoms with Crippen LogP contribution in [-0.2, 0) is 6.18 Å². The Bertz CT molecular complexity index is 719.